The summed E-state index contributed by atoms with van der Waals surface area (Å²) in [5.41, 5.74) is 2.30. The lowest BCUT2D eigenvalue weighted by molar-refractivity contribution is -0.136. The van der Waals surface area contributed by atoms with Crippen molar-refractivity contribution in [3.8, 4) is 0 Å². The molecule has 0 radical (unpaired) electrons. The summed E-state index contributed by atoms with van der Waals surface area (Å²) in [6.07, 6.45) is 0.311. The second-order valence-corrected chi connectivity index (χ2v) is 4.25. The molecule has 1 aliphatic heterocycles. The number of anilines is 1. The van der Waals surface area contributed by atoms with Crippen LogP contribution in [0.2, 0.25) is 0 Å². The van der Waals surface area contributed by atoms with Crippen molar-refractivity contribution in [1.29, 1.82) is 0 Å². The van der Waals surface area contributed by atoms with Gasteiger partial charge in [-0.2, -0.15) is 0 Å². The molecule has 1 aliphatic rings. The van der Waals surface area contributed by atoms with Gasteiger partial charge in [0.25, 0.3) is 0 Å². The Labute approximate surface area is 94.4 Å². The summed E-state index contributed by atoms with van der Waals surface area (Å²) in [6, 6.07) is 3.50. The Morgan fingerprint density at radius 2 is 2.27 bits per heavy atom. The summed E-state index contributed by atoms with van der Waals surface area (Å²) in [4.78, 5) is 21.7. The number of aliphatic carboxylic acids is 1. The minimum atomic E-state index is -0.889. The molecule has 0 atom stereocenters. The molecule has 0 saturated carbocycles. The summed E-state index contributed by atoms with van der Waals surface area (Å²) in [7, 11) is 0. The van der Waals surface area contributed by atoms with E-state index in [1.54, 1.807) is 12.1 Å². The number of carbonyl (C=O) groups is 2. The van der Waals surface area contributed by atoms with Gasteiger partial charge in [0.15, 0.2) is 0 Å². The van der Waals surface area contributed by atoms with Crippen LogP contribution in [-0.4, -0.2) is 17.0 Å². The highest BCUT2D eigenvalue weighted by Crippen LogP contribution is 2.30. The van der Waals surface area contributed by atoms with Gasteiger partial charge >= 0.3 is 5.97 Å². The SMILES string of the molecule is O=C(O)Cc1cc2c(cc1Br)CC(=O)N2. The maximum Gasteiger partial charge on any atom is 0.307 e. The predicted molar refractivity (Wildman–Crippen MR) is 57.8 cm³/mol. The van der Waals surface area contributed by atoms with Crippen LogP contribution in [0.15, 0.2) is 16.6 Å². The van der Waals surface area contributed by atoms with E-state index in [0.717, 1.165) is 15.7 Å². The Hall–Kier alpha value is -1.36. The van der Waals surface area contributed by atoms with Crippen LogP contribution in [-0.2, 0) is 22.4 Å². The first-order chi connectivity index (χ1) is 7.06. The molecule has 4 nitrogen and oxygen atoms in total. The average Bonchev–Trinajstić information content (AvgIpc) is 2.44. The molecule has 0 aromatic heterocycles. The minimum absolute atomic E-state index is 0.0515. The van der Waals surface area contributed by atoms with Gasteiger partial charge in [0.2, 0.25) is 5.91 Å². The fourth-order valence-electron chi connectivity index (χ4n) is 1.59. The highest BCUT2D eigenvalue weighted by atomic mass is 79.9. The zero-order valence-corrected chi connectivity index (χ0v) is 9.30. The van der Waals surface area contributed by atoms with Crippen LogP contribution in [0.3, 0.4) is 0 Å². The average molecular weight is 270 g/mol. The van der Waals surface area contributed by atoms with E-state index in [-0.39, 0.29) is 12.3 Å². The molecule has 5 heteroatoms. The molecule has 2 rings (SSSR count). The Kier molecular flexibility index (Phi) is 2.48. The fourth-order valence-corrected chi connectivity index (χ4v) is 2.12. The zero-order chi connectivity index (χ0) is 11.0. The van der Waals surface area contributed by atoms with E-state index in [2.05, 4.69) is 21.2 Å². The van der Waals surface area contributed by atoms with E-state index in [9.17, 15) is 9.59 Å². The molecular weight excluding hydrogens is 262 g/mol. The minimum Gasteiger partial charge on any atom is -0.481 e. The first kappa shape index (κ1) is 10.2. The second-order valence-electron chi connectivity index (χ2n) is 3.40. The Morgan fingerprint density at radius 3 is 2.93 bits per heavy atom. The molecule has 0 bridgehead atoms. The molecule has 0 unspecified atom stereocenters. The number of fused-ring (bicyclic) bond motifs is 1. The molecule has 2 N–H and O–H groups in total. The summed E-state index contributed by atoms with van der Waals surface area (Å²) < 4.78 is 0.736. The van der Waals surface area contributed by atoms with Crippen molar-refractivity contribution in [2.75, 3.05) is 5.32 Å². The molecular formula is C10H8BrNO3. The highest BCUT2D eigenvalue weighted by molar-refractivity contribution is 9.10. The highest BCUT2D eigenvalue weighted by Gasteiger charge is 2.19. The lowest BCUT2D eigenvalue weighted by Gasteiger charge is -2.05. The number of amides is 1. The van der Waals surface area contributed by atoms with Crippen molar-refractivity contribution in [2.24, 2.45) is 0 Å². The number of nitrogens with one attached hydrogen (secondary N) is 1. The number of rotatable bonds is 2. The largest absolute Gasteiger partial charge is 0.481 e. The van der Waals surface area contributed by atoms with Gasteiger partial charge in [-0.25, -0.2) is 0 Å². The first-order valence-corrected chi connectivity index (χ1v) is 5.18. The molecule has 1 heterocycles. The lowest BCUT2D eigenvalue weighted by Crippen LogP contribution is -2.04. The summed E-state index contributed by atoms with van der Waals surface area (Å²) in [5, 5.41) is 11.4. The molecule has 15 heavy (non-hydrogen) atoms. The van der Waals surface area contributed by atoms with Crippen LogP contribution >= 0.6 is 15.9 Å². The van der Waals surface area contributed by atoms with E-state index >= 15 is 0 Å². The number of carbonyl (C=O) groups excluding carboxylic acids is 1. The van der Waals surface area contributed by atoms with Crippen LogP contribution in [0, 0.1) is 0 Å². The van der Waals surface area contributed by atoms with E-state index < -0.39 is 5.97 Å². The van der Waals surface area contributed by atoms with Crippen molar-refractivity contribution in [2.45, 2.75) is 12.8 Å². The standard InChI is InChI=1S/C10H8BrNO3/c11-7-1-6-3-9(13)12-8(6)2-5(7)4-10(14)15/h1-2H,3-4H2,(H,12,13)(H,14,15). The molecule has 1 aromatic carbocycles. The first-order valence-electron chi connectivity index (χ1n) is 4.39. The molecule has 78 valence electrons. The van der Waals surface area contributed by atoms with E-state index in [0.29, 0.717) is 12.0 Å². The molecule has 1 amide bonds. The predicted octanol–water partition coefficient (Wildman–Crippen LogP) is 1.57. The van der Waals surface area contributed by atoms with Crippen molar-refractivity contribution in [3.05, 3.63) is 27.7 Å². The molecule has 0 saturated heterocycles. The quantitative estimate of drug-likeness (QED) is 0.857. The van der Waals surface area contributed by atoms with Crippen molar-refractivity contribution < 1.29 is 14.7 Å². The Balaban J connectivity index is 2.39. The summed E-state index contributed by atoms with van der Waals surface area (Å²) in [6.45, 7) is 0. The van der Waals surface area contributed by atoms with E-state index in [1.807, 2.05) is 0 Å². The van der Waals surface area contributed by atoms with Gasteiger partial charge in [-0.1, -0.05) is 15.9 Å². The van der Waals surface area contributed by atoms with Gasteiger partial charge in [0.05, 0.1) is 12.8 Å². The van der Waals surface area contributed by atoms with Crippen LogP contribution in [0.1, 0.15) is 11.1 Å². The van der Waals surface area contributed by atoms with Crippen molar-refractivity contribution in [1.82, 2.24) is 0 Å². The number of halogens is 1. The number of carboxylic acids is 1. The summed E-state index contributed by atoms with van der Waals surface area (Å²) in [5.74, 6) is -0.940. The van der Waals surface area contributed by atoms with E-state index in [1.165, 1.54) is 0 Å². The Bertz CT molecular complexity index is 456. The van der Waals surface area contributed by atoms with Crippen LogP contribution < -0.4 is 5.32 Å². The van der Waals surface area contributed by atoms with Gasteiger partial charge in [-0.05, 0) is 23.3 Å². The monoisotopic (exact) mass is 269 g/mol. The number of hydrogen-bond acceptors (Lipinski definition) is 2. The van der Waals surface area contributed by atoms with Gasteiger partial charge in [-0.3, -0.25) is 9.59 Å². The molecule has 1 aromatic rings. The maximum absolute atomic E-state index is 11.1. The van der Waals surface area contributed by atoms with Gasteiger partial charge in [0, 0.05) is 10.2 Å². The topological polar surface area (TPSA) is 66.4 Å². The van der Waals surface area contributed by atoms with E-state index in [4.69, 9.17) is 5.11 Å². The van der Waals surface area contributed by atoms with Crippen LogP contribution in [0.5, 0.6) is 0 Å². The number of carboxylic acid groups (broad SMARTS) is 1. The second kappa shape index (κ2) is 3.66. The zero-order valence-electron chi connectivity index (χ0n) is 7.71. The fraction of sp³-hybridized carbons (Fsp3) is 0.200. The van der Waals surface area contributed by atoms with Crippen LogP contribution in [0.4, 0.5) is 5.69 Å². The number of hydrogen-bond donors (Lipinski definition) is 2. The summed E-state index contributed by atoms with van der Waals surface area (Å²) >= 11 is 3.30. The maximum atomic E-state index is 11.1. The third-order valence-corrected chi connectivity index (χ3v) is 2.98. The van der Waals surface area contributed by atoms with Gasteiger partial charge < -0.3 is 10.4 Å². The lowest BCUT2D eigenvalue weighted by atomic mass is 10.1. The molecule has 0 spiro atoms. The molecule has 0 aliphatic carbocycles. The smallest absolute Gasteiger partial charge is 0.307 e. The van der Waals surface area contributed by atoms with Gasteiger partial charge in [0.1, 0.15) is 0 Å². The third kappa shape index (κ3) is 2.02. The van der Waals surface area contributed by atoms with Crippen molar-refractivity contribution >= 4 is 33.5 Å². The van der Waals surface area contributed by atoms with Crippen molar-refractivity contribution in [3.63, 3.8) is 0 Å². The van der Waals surface area contributed by atoms with Gasteiger partial charge in [-0.15, -0.1) is 0 Å². The normalized spacial score (nSPS) is 13.5. The number of benzene rings is 1. The van der Waals surface area contributed by atoms with Crippen LogP contribution in [0.25, 0.3) is 0 Å². The third-order valence-electron chi connectivity index (χ3n) is 2.24. The molecule has 0 fully saturated rings. The Morgan fingerprint density at radius 1 is 1.53 bits per heavy atom.